The highest BCUT2D eigenvalue weighted by Gasteiger charge is 2.26. The van der Waals surface area contributed by atoms with Crippen LogP contribution in [0.25, 0.3) is 10.9 Å². The minimum atomic E-state index is -0.200. The number of nitrogens with zero attached hydrogens (tertiary/aromatic N) is 4. The number of carbonyl (C=O) groups is 3. The van der Waals surface area contributed by atoms with Gasteiger partial charge in [-0.3, -0.25) is 14.4 Å². The average molecular weight is 434 g/mol. The molecule has 4 rings (SSSR count). The van der Waals surface area contributed by atoms with E-state index in [0.29, 0.717) is 49.6 Å². The van der Waals surface area contributed by atoms with Gasteiger partial charge in [0.2, 0.25) is 5.91 Å². The lowest BCUT2D eigenvalue weighted by Crippen LogP contribution is -2.51. The summed E-state index contributed by atoms with van der Waals surface area (Å²) in [4.78, 5) is 50.5. The van der Waals surface area contributed by atoms with Crippen LogP contribution in [0.2, 0.25) is 0 Å². The Morgan fingerprint density at radius 1 is 1.00 bits per heavy atom. The number of amides is 3. The van der Waals surface area contributed by atoms with Crippen molar-refractivity contribution < 1.29 is 14.4 Å². The van der Waals surface area contributed by atoms with Crippen LogP contribution in [0, 0.1) is 6.92 Å². The van der Waals surface area contributed by atoms with Crippen molar-refractivity contribution in [1.82, 2.24) is 24.7 Å². The number of hydrogen-bond acceptors (Lipinski definition) is 4. The van der Waals surface area contributed by atoms with Crippen LogP contribution in [0.4, 0.5) is 0 Å². The summed E-state index contributed by atoms with van der Waals surface area (Å²) < 4.78 is 0. The first-order valence-corrected chi connectivity index (χ1v) is 10.7. The Balaban J connectivity index is 1.37. The molecule has 0 atom stereocenters. The number of carbonyl (C=O) groups excluding carboxylic acids is 3. The summed E-state index contributed by atoms with van der Waals surface area (Å²) in [7, 11) is 3.33. The third-order valence-corrected chi connectivity index (χ3v) is 5.88. The second-order valence-electron chi connectivity index (χ2n) is 8.24. The molecule has 2 aromatic heterocycles. The quantitative estimate of drug-likeness (QED) is 0.682. The van der Waals surface area contributed by atoms with Crippen molar-refractivity contribution in [1.29, 1.82) is 0 Å². The van der Waals surface area contributed by atoms with Crippen LogP contribution in [0.5, 0.6) is 0 Å². The fraction of sp³-hybridized carbons (Fsp3) is 0.333. The van der Waals surface area contributed by atoms with Gasteiger partial charge in [0.05, 0.1) is 17.7 Å². The van der Waals surface area contributed by atoms with Crippen molar-refractivity contribution in [3.63, 3.8) is 0 Å². The zero-order valence-corrected chi connectivity index (χ0v) is 18.6. The molecule has 8 nitrogen and oxygen atoms in total. The maximum atomic E-state index is 13.0. The predicted octanol–water partition coefficient (Wildman–Crippen LogP) is 2.10. The monoisotopic (exact) mass is 433 g/mol. The first kappa shape index (κ1) is 21.5. The molecule has 3 aromatic rings. The Morgan fingerprint density at radius 3 is 2.38 bits per heavy atom. The molecule has 1 N–H and O–H groups in total. The summed E-state index contributed by atoms with van der Waals surface area (Å²) in [6.45, 7) is 3.67. The van der Waals surface area contributed by atoms with Crippen molar-refractivity contribution in [2.24, 2.45) is 0 Å². The molecule has 1 fully saturated rings. The largest absolute Gasteiger partial charge is 0.361 e. The third-order valence-electron chi connectivity index (χ3n) is 5.88. The summed E-state index contributed by atoms with van der Waals surface area (Å²) in [5.74, 6) is -0.261. The predicted molar refractivity (Wildman–Crippen MR) is 121 cm³/mol. The van der Waals surface area contributed by atoms with E-state index < -0.39 is 0 Å². The van der Waals surface area contributed by atoms with Gasteiger partial charge in [0.15, 0.2) is 0 Å². The SMILES string of the molecule is Cc1nc(C(=O)N(C)C)ccc1C(=O)N1CCN(C(=O)Cc2c[nH]c3ccccc23)CC1. The van der Waals surface area contributed by atoms with Crippen molar-refractivity contribution in [2.45, 2.75) is 13.3 Å². The number of para-hydroxylation sites is 1. The van der Waals surface area contributed by atoms with E-state index in [1.54, 1.807) is 38.1 Å². The molecule has 0 unspecified atom stereocenters. The van der Waals surface area contributed by atoms with Gasteiger partial charge in [-0.2, -0.15) is 0 Å². The van der Waals surface area contributed by atoms with Gasteiger partial charge in [-0.1, -0.05) is 18.2 Å². The first-order chi connectivity index (χ1) is 15.3. The van der Waals surface area contributed by atoms with E-state index >= 15 is 0 Å². The van der Waals surface area contributed by atoms with E-state index in [-0.39, 0.29) is 17.7 Å². The van der Waals surface area contributed by atoms with Gasteiger partial charge in [0, 0.05) is 57.4 Å². The van der Waals surface area contributed by atoms with E-state index in [9.17, 15) is 14.4 Å². The highest BCUT2D eigenvalue weighted by molar-refractivity contribution is 5.97. The molecule has 1 aliphatic rings. The summed E-state index contributed by atoms with van der Waals surface area (Å²) in [6.07, 6.45) is 2.23. The number of piperazine rings is 1. The van der Waals surface area contributed by atoms with Gasteiger partial charge >= 0.3 is 0 Å². The highest BCUT2D eigenvalue weighted by atomic mass is 16.2. The van der Waals surface area contributed by atoms with Crippen molar-refractivity contribution in [3.8, 4) is 0 Å². The minimum absolute atomic E-state index is 0.0613. The lowest BCUT2D eigenvalue weighted by atomic mass is 10.1. The van der Waals surface area contributed by atoms with E-state index in [1.165, 1.54) is 4.90 Å². The third kappa shape index (κ3) is 4.21. The number of nitrogens with one attached hydrogen (secondary N) is 1. The summed E-state index contributed by atoms with van der Waals surface area (Å²) in [5, 5.41) is 1.06. The molecule has 0 spiro atoms. The fourth-order valence-electron chi connectivity index (χ4n) is 4.02. The van der Waals surface area contributed by atoms with Crippen LogP contribution in [0.1, 0.15) is 32.1 Å². The van der Waals surface area contributed by atoms with Gasteiger partial charge < -0.3 is 19.7 Å². The number of hydrogen-bond donors (Lipinski definition) is 1. The minimum Gasteiger partial charge on any atom is -0.361 e. The number of pyridine rings is 1. The van der Waals surface area contributed by atoms with Crippen LogP contribution < -0.4 is 0 Å². The molecular formula is C24H27N5O3. The molecule has 8 heteroatoms. The number of rotatable bonds is 4. The summed E-state index contributed by atoms with van der Waals surface area (Å²) >= 11 is 0. The number of aromatic nitrogens is 2. The van der Waals surface area contributed by atoms with Crippen LogP contribution in [0.3, 0.4) is 0 Å². The number of fused-ring (bicyclic) bond motifs is 1. The summed E-state index contributed by atoms with van der Waals surface area (Å²) in [5.41, 5.74) is 3.34. The molecule has 3 heterocycles. The van der Waals surface area contributed by atoms with Crippen LogP contribution in [-0.4, -0.2) is 82.7 Å². The topological polar surface area (TPSA) is 89.6 Å². The lowest BCUT2D eigenvalue weighted by Gasteiger charge is -2.35. The first-order valence-electron chi connectivity index (χ1n) is 10.7. The van der Waals surface area contributed by atoms with Crippen LogP contribution >= 0.6 is 0 Å². The zero-order valence-electron chi connectivity index (χ0n) is 18.6. The molecule has 1 aromatic carbocycles. The molecule has 0 saturated carbocycles. The molecule has 32 heavy (non-hydrogen) atoms. The number of aromatic amines is 1. The van der Waals surface area contributed by atoms with Gasteiger partial charge in [-0.15, -0.1) is 0 Å². The Bertz CT molecular complexity index is 1180. The van der Waals surface area contributed by atoms with Crippen molar-refractivity contribution in [2.75, 3.05) is 40.3 Å². The normalized spacial score (nSPS) is 14.0. The highest BCUT2D eigenvalue weighted by Crippen LogP contribution is 2.19. The maximum Gasteiger partial charge on any atom is 0.271 e. The molecule has 1 aliphatic heterocycles. The smallest absolute Gasteiger partial charge is 0.271 e. The molecular weight excluding hydrogens is 406 g/mol. The standard InChI is InChI=1S/C24H27N5O3/c1-16-18(8-9-21(26-16)24(32)27(2)3)23(31)29-12-10-28(11-13-29)22(30)14-17-15-25-20-7-5-4-6-19(17)20/h4-9,15,25H,10-14H2,1-3H3. The van der Waals surface area contributed by atoms with E-state index in [1.807, 2.05) is 35.4 Å². The number of benzene rings is 1. The zero-order chi connectivity index (χ0) is 22.8. The van der Waals surface area contributed by atoms with Gasteiger partial charge in [0.1, 0.15) is 5.69 Å². The van der Waals surface area contributed by atoms with E-state index in [4.69, 9.17) is 0 Å². The molecule has 0 aliphatic carbocycles. The molecule has 1 saturated heterocycles. The second-order valence-corrected chi connectivity index (χ2v) is 8.24. The van der Waals surface area contributed by atoms with Gasteiger partial charge in [0.25, 0.3) is 11.8 Å². The fourth-order valence-corrected chi connectivity index (χ4v) is 4.02. The van der Waals surface area contributed by atoms with E-state index in [0.717, 1.165) is 16.5 Å². The van der Waals surface area contributed by atoms with E-state index in [2.05, 4.69) is 9.97 Å². The second kappa shape index (κ2) is 8.82. The van der Waals surface area contributed by atoms with Gasteiger partial charge in [-0.25, -0.2) is 4.98 Å². The van der Waals surface area contributed by atoms with Gasteiger partial charge in [-0.05, 0) is 30.7 Å². The lowest BCUT2D eigenvalue weighted by molar-refractivity contribution is -0.131. The molecule has 0 radical (unpaired) electrons. The maximum absolute atomic E-state index is 13.0. The average Bonchev–Trinajstić information content (AvgIpc) is 3.21. The Hall–Kier alpha value is -3.68. The van der Waals surface area contributed by atoms with Crippen LogP contribution in [-0.2, 0) is 11.2 Å². The van der Waals surface area contributed by atoms with Crippen molar-refractivity contribution >= 4 is 28.6 Å². The van der Waals surface area contributed by atoms with Crippen LogP contribution in [0.15, 0.2) is 42.6 Å². The summed E-state index contributed by atoms with van der Waals surface area (Å²) in [6, 6.07) is 11.2. The Morgan fingerprint density at radius 2 is 1.69 bits per heavy atom. The Labute approximate surface area is 186 Å². The number of aryl methyl sites for hydroxylation is 1. The molecule has 0 bridgehead atoms. The molecule has 166 valence electrons. The molecule has 3 amide bonds. The number of H-pyrrole nitrogens is 1. The van der Waals surface area contributed by atoms with Crippen molar-refractivity contribution in [3.05, 3.63) is 65.1 Å². The Kier molecular flexibility index (Phi) is 5.94.